The molecule has 3 aromatic carbocycles. The molecule has 0 aliphatic carbocycles. The first-order chi connectivity index (χ1) is 21.8. The minimum absolute atomic E-state index is 0.00570. The van der Waals surface area contributed by atoms with Crippen LogP contribution in [0.5, 0.6) is 11.5 Å². The van der Waals surface area contributed by atoms with Gasteiger partial charge >= 0.3 is 0 Å². The maximum absolute atomic E-state index is 13.8. The number of anilines is 2. The van der Waals surface area contributed by atoms with Crippen LogP contribution in [0.4, 0.5) is 11.4 Å². The van der Waals surface area contributed by atoms with Crippen molar-refractivity contribution in [3.8, 4) is 11.5 Å². The van der Waals surface area contributed by atoms with Gasteiger partial charge in [0.2, 0.25) is 0 Å². The van der Waals surface area contributed by atoms with Crippen LogP contribution in [0.15, 0.2) is 94.6 Å². The molecule has 3 aliphatic heterocycles. The van der Waals surface area contributed by atoms with E-state index in [4.69, 9.17) is 9.47 Å². The summed E-state index contributed by atoms with van der Waals surface area (Å²) in [6.45, 7) is 3.05. The standard InChI is InChI=1S/C34H34N4O6S/c39-33-8-4-7-29-26-17-24(21-38(29)33)20-37(22-26)30-11-9-25(34(40)35-14-13-23-5-2-1-3-6-23)18-28(30)36-45(41,42)27-10-12-31-32(19-27)44-16-15-43-31/h1-12,18-19,24,26,36H,13-17,20-22H2,(H,35,40)/t24-,26+/m1/s1. The predicted molar refractivity (Wildman–Crippen MR) is 171 cm³/mol. The van der Waals surface area contributed by atoms with Gasteiger partial charge in [-0.2, -0.15) is 0 Å². The third kappa shape index (κ3) is 6.00. The summed E-state index contributed by atoms with van der Waals surface area (Å²) >= 11 is 0. The van der Waals surface area contributed by atoms with Gasteiger partial charge in [-0.1, -0.05) is 36.4 Å². The summed E-state index contributed by atoms with van der Waals surface area (Å²) in [4.78, 5) is 28.0. The van der Waals surface area contributed by atoms with E-state index in [-0.39, 0.29) is 28.2 Å². The van der Waals surface area contributed by atoms with Crippen molar-refractivity contribution >= 4 is 27.3 Å². The fourth-order valence-electron chi connectivity index (χ4n) is 6.59. The summed E-state index contributed by atoms with van der Waals surface area (Å²) in [7, 11) is -4.07. The lowest BCUT2D eigenvalue weighted by Crippen LogP contribution is -2.47. The Bertz CT molecular complexity index is 1910. The molecule has 1 saturated heterocycles. The van der Waals surface area contributed by atoms with Gasteiger partial charge in [-0.15, -0.1) is 0 Å². The van der Waals surface area contributed by atoms with Crippen molar-refractivity contribution < 1.29 is 22.7 Å². The van der Waals surface area contributed by atoms with Crippen LogP contribution >= 0.6 is 0 Å². The van der Waals surface area contributed by atoms with E-state index in [2.05, 4.69) is 14.9 Å². The summed E-state index contributed by atoms with van der Waals surface area (Å²) in [6.07, 6.45) is 1.63. The van der Waals surface area contributed by atoms with E-state index in [1.54, 1.807) is 30.3 Å². The van der Waals surface area contributed by atoms with Gasteiger partial charge < -0.3 is 24.3 Å². The van der Waals surface area contributed by atoms with Gasteiger partial charge in [-0.25, -0.2) is 8.42 Å². The van der Waals surface area contributed by atoms with Crippen molar-refractivity contribution in [3.63, 3.8) is 0 Å². The number of carbonyl (C=O) groups excluding carboxylic acids is 1. The first-order valence-electron chi connectivity index (χ1n) is 15.2. The maximum Gasteiger partial charge on any atom is 0.262 e. The Kier molecular flexibility index (Phi) is 7.70. The van der Waals surface area contributed by atoms with Gasteiger partial charge in [0.15, 0.2) is 11.5 Å². The number of aromatic nitrogens is 1. The zero-order valence-corrected chi connectivity index (χ0v) is 25.5. The van der Waals surface area contributed by atoms with E-state index in [1.165, 1.54) is 12.1 Å². The molecule has 0 spiro atoms. The summed E-state index contributed by atoms with van der Waals surface area (Å²) in [6, 6.07) is 25.0. The second-order valence-corrected chi connectivity index (χ2v) is 13.4. The van der Waals surface area contributed by atoms with Crippen molar-refractivity contribution in [2.75, 3.05) is 42.5 Å². The number of sulfonamides is 1. The molecule has 0 unspecified atom stereocenters. The van der Waals surface area contributed by atoms with Gasteiger partial charge in [0.25, 0.3) is 21.5 Å². The molecule has 232 valence electrons. The zero-order valence-electron chi connectivity index (χ0n) is 24.6. The molecule has 4 heterocycles. The number of pyridine rings is 1. The molecule has 10 nitrogen and oxygen atoms in total. The van der Waals surface area contributed by atoms with E-state index < -0.39 is 10.0 Å². The lowest BCUT2D eigenvalue weighted by atomic mass is 9.83. The van der Waals surface area contributed by atoms with E-state index in [0.29, 0.717) is 74.3 Å². The van der Waals surface area contributed by atoms with E-state index >= 15 is 0 Å². The first kappa shape index (κ1) is 29.0. The molecule has 1 amide bonds. The number of fused-ring (bicyclic) bond motifs is 5. The molecule has 2 bridgehead atoms. The molecule has 0 radical (unpaired) electrons. The van der Waals surface area contributed by atoms with Crippen LogP contribution in [0.2, 0.25) is 0 Å². The zero-order chi connectivity index (χ0) is 31.0. The fraction of sp³-hybridized carbons (Fsp3) is 0.294. The Morgan fingerprint density at radius 3 is 2.53 bits per heavy atom. The van der Waals surface area contributed by atoms with Crippen molar-refractivity contribution in [1.82, 2.24) is 9.88 Å². The predicted octanol–water partition coefficient (Wildman–Crippen LogP) is 4.02. The highest BCUT2D eigenvalue weighted by Gasteiger charge is 2.35. The van der Waals surface area contributed by atoms with Crippen molar-refractivity contribution in [2.24, 2.45) is 5.92 Å². The monoisotopic (exact) mass is 626 g/mol. The number of benzene rings is 3. The lowest BCUT2D eigenvalue weighted by Gasteiger charge is -2.44. The molecule has 2 N–H and O–H groups in total. The summed E-state index contributed by atoms with van der Waals surface area (Å²) < 4.78 is 43.4. The highest BCUT2D eigenvalue weighted by atomic mass is 32.2. The Balaban J connectivity index is 1.19. The number of ether oxygens (including phenoxy) is 2. The van der Waals surface area contributed by atoms with Gasteiger partial charge in [0.1, 0.15) is 13.2 Å². The second-order valence-electron chi connectivity index (χ2n) is 11.7. The molecule has 1 aromatic heterocycles. The normalized spacial score (nSPS) is 18.5. The van der Waals surface area contributed by atoms with Gasteiger partial charge in [-0.05, 0) is 60.7 Å². The molecule has 11 heteroatoms. The molecule has 1 fully saturated rings. The molecule has 2 atom stereocenters. The van der Waals surface area contributed by atoms with Crippen LogP contribution in [0, 0.1) is 5.92 Å². The first-order valence-corrected chi connectivity index (χ1v) is 16.7. The summed E-state index contributed by atoms with van der Waals surface area (Å²) in [5.41, 5.74) is 3.45. The highest BCUT2D eigenvalue weighted by Crippen LogP contribution is 2.40. The quantitative estimate of drug-likeness (QED) is 0.303. The molecule has 0 saturated carbocycles. The van der Waals surface area contributed by atoms with Crippen molar-refractivity contribution in [1.29, 1.82) is 0 Å². The SMILES string of the molecule is O=C(NCCc1ccccc1)c1ccc(N2C[C@H]3C[C@@H](C2)c2cccc(=O)n2C3)c(NS(=O)(=O)c2ccc3c(c2)OCCO3)c1. The molecular weight excluding hydrogens is 592 g/mol. The van der Waals surface area contributed by atoms with E-state index in [9.17, 15) is 18.0 Å². The summed E-state index contributed by atoms with van der Waals surface area (Å²) in [5, 5.41) is 2.96. The van der Waals surface area contributed by atoms with Gasteiger partial charge in [-0.3, -0.25) is 14.3 Å². The van der Waals surface area contributed by atoms with Crippen LogP contribution in [0.1, 0.15) is 34.0 Å². The molecule has 4 aromatic rings. The van der Waals surface area contributed by atoms with Crippen LogP contribution in [0.3, 0.4) is 0 Å². The Morgan fingerprint density at radius 2 is 1.69 bits per heavy atom. The average Bonchev–Trinajstić information content (AvgIpc) is 3.05. The summed E-state index contributed by atoms with van der Waals surface area (Å²) in [5.74, 6) is 0.915. The number of rotatable bonds is 8. The largest absolute Gasteiger partial charge is 0.486 e. The number of carbonyl (C=O) groups is 1. The molecule has 3 aliphatic rings. The van der Waals surface area contributed by atoms with Crippen LogP contribution in [0.25, 0.3) is 0 Å². The highest BCUT2D eigenvalue weighted by molar-refractivity contribution is 7.92. The van der Waals surface area contributed by atoms with Gasteiger partial charge in [0.05, 0.1) is 16.3 Å². The fourth-order valence-corrected chi connectivity index (χ4v) is 7.67. The Hall–Kier alpha value is -4.77. The average molecular weight is 627 g/mol. The van der Waals surface area contributed by atoms with E-state index in [1.807, 2.05) is 47.0 Å². The minimum Gasteiger partial charge on any atom is -0.486 e. The number of hydrogen-bond donors (Lipinski definition) is 2. The third-order valence-corrected chi connectivity index (χ3v) is 10.1. The molecule has 7 rings (SSSR count). The van der Waals surface area contributed by atoms with E-state index in [0.717, 1.165) is 17.7 Å². The van der Waals surface area contributed by atoms with Crippen molar-refractivity contribution in [2.45, 2.75) is 30.2 Å². The van der Waals surface area contributed by atoms with Crippen molar-refractivity contribution in [3.05, 3.63) is 112 Å². The third-order valence-electron chi connectivity index (χ3n) is 8.69. The lowest BCUT2D eigenvalue weighted by molar-refractivity contribution is 0.0954. The van der Waals surface area contributed by atoms with Gasteiger partial charge in [0, 0.05) is 55.5 Å². The van der Waals surface area contributed by atoms with Crippen LogP contribution in [-0.2, 0) is 23.0 Å². The minimum atomic E-state index is -4.07. The molecular formula is C34H34N4O6S. The number of nitrogens with one attached hydrogen (secondary N) is 2. The second kappa shape index (κ2) is 12.0. The number of amides is 1. The molecule has 45 heavy (non-hydrogen) atoms. The smallest absolute Gasteiger partial charge is 0.262 e. The number of nitrogens with zero attached hydrogens (tertiary/aromatic N) is 2. The van der Waals surface area contributed by atoms with Crippen LogP contribution in [-0.4, -0.2) is 51.7 Å². The Morgan fingerprint density at radius 1 is 0.867 bits per heavy atom. The topological polar surface area (TPSA) is 119 Å². The van der Waals surface area contributed by atoms with Crippen LogP contribution < -0.4 is 30.0 Å². The maximum atomic E-state index is 13.8. The number of hydrogen-bond acceptors (Lipinski definition) is 7. The Labute approximate surface area is 261 Å². The number of piperidine rings is 1.